The number of rotatable bonds is 3. The minimum Gasteiger partial charge on any atom is -0.494 e. The van der Waals surface area contributed by atoms with E-state index in [9.17, 15) is 4.39 Å². The number of benzene rings is 1. The SMILES string of the molecule is COc1cc([C@H](N)CN)ccc1F. The first-order valence-electron chi connectivity index (χ1n) is 3.98. The highest BCUT2D eigenvalue weighted by Gasteiger charge is 2.07. The van der Waals surface area contributed by atoms with Gasteiger partial charge in [-0.05, 0) is 17.7 Å². The van der Waals surface area contributed by atoms with Crippen LogP contribution in [0.4, 0.5) is 4.39 Å². The van der Waals surface area contributed by atoms with Gasteiger partial charge in [-0.25, -0.2) is 4.39 Å². The number of nitrogens with two attached hydrogens (primary N) is 2. The summed E-state index contributed by atoms with van der Waals surface area (Å²) in [6.07, 6.45) is 0. The lowest BCUT2D eigenvalue weighted by molar-refractivity contribution is 0.385. The minimum atomic E-state index is -0.393. The van der Waals surface area contributed by atoms with Crippen LogP contribution in [0.2, 0.25) is 0 Å². The first-order chi connectivity index (χ1) is 6.19. The predicted octanol–water partition coefficient (Wildman–Crippen LogP) is 0.793. The number of hydrogen-bond acceptors (Lipinski definition) is 3. The third kappa shape index (κ3) is 2.17. The monoisotopic (exact) mass is 184 g/mol. The van der Waals surface area contributed by atoms with E-state index in [0.717, 1.165) is 5.56 Å². The van der Waals surface area contributed by atoms with Gasteiger partial charge in [0.05, 0.1) is 7.11 Å². The van der Waals surface area contributed by atoms with Gasteiger partial charge in [0, 0.05) is 12.6 Å². The Morgan fingerprint density at radius 1 is 1.54 bits per heavy atom. The fraction of sp³-hybridized carbons (Fsp3) is 0.333. The summed E-state index contributed by atoms with van der Waals surface area (Å²) in [5.74, 6) is -0.197. The fourth-order valence-electron chi connectivity index (χ4n) is 1.04. The van der Waals surface area contributed by atoms with Gasteiger partial charge in [0.1, 0.15) is 0 Å². The van der Waals surface area contributed by atoms with Crippen LogP contribution in [-0.2, 0) is 0 Å². The first-order valence-corrected chi connectivity index (χ1v) is 3.98. The van der Waals surface area contributed by atoms with E-state index in [2.05, 4.69) is 0 Å². The third-order valence-corrected chi connectivity index (χ3v) is 1.86. The van der Waals surface area contributed by atoms with Crippen LogP contribution in [0.15, 0.2) is 18.2 Å². The predicted molar refractivity (Wildman–Crippen MR) is 48.9 cm³/mol. The van der Waals surface area contributed by atoms with E-state index in [-0.39, 0.29) is 11.8 Å². The van der Waals surface area contributed by atoms with Crippen LogP contribution in [0.25, 0.3) is 0 Å². The van der Waals surface area contributed by atoms with E-state index in [4.69, 9.17) is 16.2 Å². The van der Waals surface area contributed by atoms with Crippen molar-refractivity contribution in [2.45, 2.75) is 6.04 Å². The zero-order valence-electron chi connectivity index (χ0n) is 7.46. The average molecular weight is 184 g/mol. The van der Waals surface area contributed by atoms with E-state index < -0.39 is 5.82 Å². The third-order valence-electron chi connectivity index (χ3n) is 1.86. The molecule has 0 amide bonds. The van der Waals surface area contributed by atoms with Crippen LogP contribution in [0.5, 0.6) is 5.75 Å². The van der Waals surface area contributed by atoms with Crippen molar-refractivity contribution in [3.63, 3.8) is 0 Å². The van der Waals surface area contributed by atoms with E-state index in [1.165, 1.54) is 13.2 Å². The molecule has 0 bridgehead atoms. The summed E-state index contributed by atoms with van der Waals surface area (Å²) in [4.78, 5) is 0. The number of methoxy groups -OCH3 is 1. The molecule has 0 aliphatic carbocycles. The van der Waals surface area contributed by atoms with Gasteiger partial charge in [0.25, 0.3) is 0 Å². The summed E-state index contributed by atoms with van der Waals surface area (Å²) >= 11 is 0. The first kappa shape index (κ1) is 9.95. The van der Waals surface area contributed by atoms with Crippen molar-refractivity contribution in [1.82, 2.24) is 0 Å². The van der Waals surface area contributed by atoms with Crippen LogP contribution in [0.3, 0.4) is 0 Å². The van der Waals surface area contributed by atoms with E-state index in [0.29, 0.717) is 6.54 Å². The molecule has 0 saturated heterocycles. The quantitative estimate of drug-likeness (QED) is 0.730. The van der Waals surface area contributed by atoms with Gasteiger partial charge in [-0.2, -0.15) is 0 Å². The second-order valence-corrected chi connectivity index (χ2v) is 2.74. The van der Waals surface area contributed by atoms with Gasteiger partial charge in [-0.3, -0.25) is 0 Å². The van der Waals surface area contributed by atoms with Crippen LogP contribution in [0, 0.1) is 5.82 Å². The zero-order valence-corrected chi connectivity index (χ0v) is 7.46. The fourth-order valence-corrected chi connectivity index (χ4v) is 1.04. The van der Waals surface area contributed by atoms with Gasteiger partial charge >= 0.3 is 0 Å². The van der Waals surface area contributed by atoms with E-state index >= 15 is 0 Å². The molecule has 0 spiro atoms. The standard InChI is InChI=1S/C9H13FN2O/c1-13-9-4-6(8(12)5-11)2-3-7(9)10/h2-4,8H,5,11-12H2,1H3/t8-/m1/s1. The summed E-state index contributed by atoms with van der Waals surface area (Å²) in [5, 5.41) is 0. The molecule has 4 N–H and O–H groups in total. The van der Waals surface area contributed by atoms with Crippen LogP contribution in [-0.4, -0.2) is 13.7 Å². The van der Waals surface area contributed by atoms with Crippen molar-refractivity contribution in [3.05, 3.63) is 29.6 Å². The molecule has 13 heavy (non-hydrogen) atoms. The molecule has 1 aromatic carbocycles. The lowest BCUT2D eigenvalue weighted by Crippen LogP contribution is -2.20. The normalized spacial score (nSPS) is 12.6. The maximum atomic E-state index is 12.9. The maximum absolute atomic E-state index is 12.9. The lowest BCUT2D eigenvalue weighted by atomic mass is 10.1. The number of ether oxygens (including phenoxy) is 1. The summed E-state index contributed by atoms with van der Waals surface area (Å²) < 4.78 is 17.7. The molecule has 72 valence electrons. The molecule has 0 unspecified atom stereocenters. The highest BCUT2D eigenvalue weighted by Crippen LogP contribution is 2.20. The Bertz CT molecular complexity index is 291. The summed E-state index contributed by atoms with van der Waals surface area (Å²) in [7, 11) is 1.41. The van der Waals surface area contributed by atoms with E-state index in [1.807, 2.05) is 0 Å². The summed E-state index contributed by atoms with van der Waals surface area (Å²) in [5.41, 5.74) is 11.8. The Hall–Kier alpha value is -1.13. The van der Waals surface area contributed by atoms with Gasteiger partial charge < -0.3 is 16.2 Å². The second-order valence-electron chi connectivity index (χ2n) is 2.74. The molecule has 0 radical (unpaired) electrons. The molecule has 0 saturated carbocycles. The van der Waals surface area contributed by atoms with Gasteiger partial charge in [0.15, 0.2) is 11.6 Å². The molecular weight excluding hydrogens is 171 g/mol. The average Bonchev–Trinajstić information content (AvgIpc) is 2.17. The van der Waals surface area contributed by atoms with Crippen molar-refractivity contribution in [2.75, 3.05) is 13.7 Å². The molecule has 0 aliphatic rings. The Labute approximate surface area is 76.5 Å². The second kappa shape index (κ2) is 4.20. The molecule has 0 aromatic heterocycles. The Balaban J connectivity index is 2.99. The van der Waals surface area contributed by atoms with Crippen molar-refractivity contribution < 1.29 is 9.13 Å². The van der Waals surface area contributed by atoms with Gasteiger partial charge in [-0.1, -0.05) is 6.07 Å². The maximum Gasteiger partial charge on any atom is 0.165 e. The van der Waals surface area contributed by atoms with Gasteiger partial charge in [0.2, 0.25) is 0 Å². The van der Waals surface area contributed by atoms with Crippen molar-refractivity contribution >= 4 is 0 Å². The molecule has 0 heterocycles. The molecular formula is C9H13FN2O. The zero-order chi connectivity index (χ0) is 9.84. The Kier molecular flexibility index (Phi) is 3.22. The summed E-state index contributed by atoms with van der Waals surface area (Å²) in [6.45, 7) is 0.328. The molecule has 3 nitrogen and oxygen atoms in total. The van der Waals surface area contributed by atoms with Crippen molar-refractivity contribution in [2.24, 2.45) is 11.5 Å². The molecule has 0 fully saturated rings. The Morgan fingerprint density at radius 3 is 2.77 bits per heavy atom. The molecule has 1 atom stereocenters. The Morgan fingerprint density at radius 2 is 2.23 bits per heavy atom. The lowest BCUT2D eigenvalue weighted by Gasteiger charge is -2.10. The molecule has 1 aromatic rings. The van der Waals surface area contributed by atoms with Crippen LogP contribution >= 0.6 is 0 Å². The smallest absolute Gasteiger partial charge is 0.165 e. The minimum absolute atomic E-state index is 0.196. The highest BCUT2D eigenvalue weighted by atomic mass is 19.1. The molecule has 1 rings (SSSR count). The molecule has 4 heteroatoms. The van der Waals surface area contributed by atoms with Crippen LogP contribution < -0.4 is 16.2 Å². The van der Waals surface area contributed by atoms with E-state index in [1.54, 1.807) is 12.1 Å². The number of halogens is 1. The topological polar surface area (TPSA) is 61.3 Å². The van der Waals surface area contributed by atoms with Crippen molar-refractivity contribution in [3.8, 4) is 5.75 Å². The summed E-state index contributed by atoms with van der Waals surface area (Å²) in [6, 6.07) is 4.22. The van der Waals surface area contributed by atoms with Crippen LogP contribution in [0.1, 0.15) is 11.6 Å². The molecule has 0 aliphatic heterocycles. The highest BCUT2D eigenvalue weighted by molar-refractivity contribution is 5.32. The largest absolute Gasteiger partial charge is 0.494 e. The van der Waals surface area contributed by atoms with Gasteiger partial charge in [-0.15, -0.1) is 0 Å². The van der Waals surface area contributed by atoms with Crippen molar-refractivity contribution in [1.29, 1.82) is 0 Å². The number of hydrogen-bond donors (Lipinski definition) is 2.